The number of amides is 1. The minimum absolute atomic E-state index is 0. The molecule has 2 aliphatic rings. The lowest BCUT2D eigenvalue weighted by atomic mass is 10.1. The molecule has 1 unspecified atom stereocenters. The number of piperidine rings is 1. The van der Waals surface area contributed by atoms with Gasteiger partial charge in [-0.3, -0.25) is 9.69 Å². The van der Waals surface area contributed by atoms with Crippen LogP contribution in [0.5, 0.6) is 0 Å². The number of rotatable bonds is 4. The number of benzene rings is 1. The van der Waals surface area contributed by atoms with Crippen LogP contribution in [0.4, 0.5) is 4.39 Å². The Kier molecular flexibility index (Phi) is 8.98. The first kappa shape index (κ1) is 21.2. The van der Waals surface area contributed by atoms with E-state index < -0.39 is 0 Å². The summed E-state index contributed by atoms with van der Waals surface area (Å²) in [5, 5.41) is 6.52. The maximum atomic E-state index is 13.0. The van der Waals surface area contributed by atoms with Gasteiger partial charge in [0.2, 0.25) is 5.91 Å². The summed E-state index contributed by atoms with van der Waals surface area (Å²) in [5.41, 5.74) is 1.06. The molecule has 1 aromatic rings. The van der Waals surface area contributed by atoms with Crippen LogP contribution in [0.3, 0.4) is 0 Å². The maximum Gasteiger partial charge on any atom is 0.237 e. The Hall–Kier alpha value is -0.880. The van der Waals surface area contributed by atoms with Crippen molar-refractivity contribution in [2.75, 3.05) is 19.6 Å². The van der Waals surface area contributed by atoms with Crippen molar-refractivity contribution >= 4 is 30.7 Å². The third kappa shape index (κ3) is 5.59. The van der Waals surface area contributed by atoms with Crippen LogP contribution in [-0.4, -0.2) is 42.5 Å². The van der Waals surface area contributed by atoms with Crippen LogP contribution in [-0.2, 0) is 11.3 Å². The fourth-order valence-corrected chi connectivity index (χ4v) is 3.40. The van der Waals surface area contributed by atoms with Gasteiger partial charge < -0.3 is 10.6 Å². The normalized spacial score (nSPS) is 21.6. The number of nitrogens with one attached hydrogen (secondary N) is 2. The molecular formula is C17H26Cl2FN3O. The van der Waals surface area contributed by atoms with Crippen LogP contribution in [0.15, 0.2) is 24.3 Å². The third-order valence-corrected chi connectivity index (χ3v) is 4.65. The van der Waals surface area contributed by atoms with Crippen molar-refractivity contribution in [3.05, 3.63) is 35.6 Å². The largest absolute Gasteiger partial charge is 0.352 e. The van der Waals surface area contributed by atoms with Gasteiger partial charge >= 0.3 is 0 Å². The lowest BCUT2D eigenvalue weighted by Gasteiger charge is -2.28. The predicted molar refractivity (Wildman–Crippen MR) is 98.4 cm³/mol. The molecule has 7 heteroatoms. The second-order valence-electron chi connectivity index (χ2n) is 6.29. The second kappa shape index (κ2) is 10.2. The average molecular weight is 378 g/mol. The van der Waals surface area contributed by atoms with Gasteiger partial charge in [0.15, 0.2) is 0 Å². The molecule has 1 amide bonds. The first-order valence-corrected chi connectivity index (χ1v) is 8.22. The van der Waals surface area contributed by atoms with Crippen molar-refractivity contribution in [1.82, 2.24) is 15.5 Å². The maximum absolute atomic E-state index is 13.0. The van der Waals surface area contributed by atoms with E-state index in [1.54, 1.807) is 12.1 Å². The molecule has 0 saturated carbocycles. The third-order valence-electron chi connectivity index (χ3n) is 4.65. The number of carbonyl (C=O) groups is 1. The zero-order valence-corrected chi connectivity index (χ0v) is 15.3. The first-order chi connectivity index (χ1) is 10.7. The van der Waals surface area contributed by atoms with Gasteiger partial charge in [-0.1, -0.05) is 12.1 Å². The molecule has 1 atom stereocenters. The number of likely N-dealkylation sites (tertiary alicyclic amines) is 1. The summed E-state index contributed by atoms with van der Waals surface area (Å²) in [6.45, 7) is 3.61. The highest BCUT2D eigenvalue weighted by Crippen LogP contribution is 2.21. The summed E-state index contributed by atoms with van der Waals surface area (Å²) >= 11 is 0. The summed E-state index contributed by atoms with van der Waals surface area (Å²) in [6, 6.07) is 6.83. The Morgan fingerprint density at radius 1 is 1.17 bits per heavy atom. The molecule has 0 spiro atoms. The van der Waals surface area contributed by atoms with E-state index in [2.05, 4.69) is 15.5 Å². The van der Waals surface area contributed by atoms with Crippen LogP contribution in [0.2, 0.25) is 0 Å². The quantitative estimate of drug-likeness (QED) is 0.846. The molecule has 2 heterocycles. The Morgan fingerprint density at radius 2 is 1.83 bits per heavy atom. The minimum atomic E-state index is -0.217. The van der Waals surface area contributed by atoms with Crippen LogP contribution in [0, 0.1) is 5.82 Å². The molecule has 2 saturated heterocycles. The molecule has 0 aromatic heterocycles. The Balaban J connectivity index is 0.00000144. The van der Waals surface area contributed by atoms with Crippen molar-refractivity contribution in [2.45, 2.75) is 44.3 Å². The van der Waals surface area contributed by atoms with Gasteiger partial charge in [-0.15, -0.1) is 24.8 Å². The van der Waals surface area contributed by atoms with Crippen LogP contribution in [0.25, 0.3) is 0 Å². The molecule has 0 bridgehead atoms. The molecule has 2 N–H and O–H groups in total. The summed E-state index contributed by atoms with van der Waals surface area (Å²) in [5.74, 6) is -0.0584. The number of nitrogens with zero attached hydrogens (tertiary/aromatic N) is 1. The molecule has 136 valence electrons. The molecule has 24 heavy (non-hydrogen) atoms. The van der Waals surface area contributed by atoms with Gasteiger partial charge in [-0.2, -0.15) is 0 Å². The van der Waals surface area contributed by atoms with Crippen molar-refractivity contribution in [3.8, 4) is 0 Å². The van der Waals surface area contributed by atoms with Crippen molar-refractivity contribution in [3.63, 3.8) is 0 Å². The molecular weight excluding hydrogens is 352 g/mol. The Morgan fingerprint density at radius 3 is 2.50 bits per heavy atom. The van der Waals surface area contributed by atoms with E-state index in [1.807, 2.05) is 0 Å². The summed E-state index contributed by atoms with van der Waals surface area (Å²) in [6.07, 6.45) is 3.98. The van der Waals surface area contributed by atoms with Crippen LogP contribution < -0.4 is 10.6 Å². The second-order valence-corrected chi connectivity index (χ2v) is 6.29. The predicted octanol–water partition coefficient (Wildman–Crippen LogP) is 2.50. The monoisotopic (exact) mass is 377 g/mol. The Labute approximate surface area is 155 Å². The SMILES string of the molecule is Cl.Cl.O=C(NC1CCNCC1)C1CCCN1Cc1ccc(F)cc1. The van der Waals surface area contributed by atoms with Crippen molar-refractivity contribution < 1.29 is 9.18 Å². The highest BCUT2D eigenvalue weighted by Gasteiger charge is 2.31. The highest BCUT2D eigenvalue weighted by atomic mass is 35.5. The molecule has 1 aromatic carbocycles. The van der Waals surface area contributed by atoms with Crippen LogP contribution in [0.1, 0.15) is 31.2 Å². The van der Waals surface area contributed by atoms with E-state index in [0.717, 1.165) is 50.9 Å². The van der Waals surface area contributed by atoms with Gasteiger partial charge in [-0.05, 0) is 63.0 Å². The van der Waals surface area contributed by atoms with E-state index in [4.69, 9.17) is 0 Å². The molecule has 0 aliphatic carbocycles. The van der Waals surface area contributed by atoms with E-state index in [-0.39, 0.29) is 42.6 Å². The molecule has 4 nitrogen and oxygen atoms in total. The van der Waals surface area contributed by atoms with Crippen LogP contribution >= 0.6 is 24.8 Å². The van der Waals surface area contributed by atoms with Gasteiger partial charge in [0.05, 0.1) is 6.04 Å². The fraction of sp³-hybridized carbons (Fsp3) is 0.588. The summed E-state index contributed by atoms with van der Waals surface area (Å²) < 4.78 is 13.0. The van der Waals surface area contributed by atoms with E-state index in [9.17, 15) is 9.18 Å². The van der Waals surface area contributed by atoms with Gasteiger partial charge in [0.1, 0.15) is 5.82 Å². The van der Waals surface area contributed by atoms with Crippen molar-refractivity contribution in [2.24, 2.45) is 0 Å². The standard InChI is InChI=1S/C17H24FN3O.2ClH/c18-14-5-3-13(4-6-14)12-21-11-1-2-16(21)17(22)20-15-7-9-19-10-8-15;;/h3-6,15-16,19H,1-2,7-12H2,(H,20,22);2*1H. The van der Waals surface area contributed by atoms with Gasteiger partial charge in [-0.25, -0.2) is 4.39 Å². The number of halogens is 3. The molecule has 2 aliphatic heterocycles. The lowest BCUT2D eigenvalue weighted by molar-refractivity contribution is -0.126. The number of hydrogen-bond acceptors (Lipinski definition) is 3. The summed E-state index contributed by atoms with van der Waals surface area (Å²) in [4.78, 5) is 14.7. The average Bonchev–Trinajstić information content (AvgIpc) is 2.99. The number of hydrogen-bond donors (Lipinski definition) is 2. The zero-order valence-electron chi connectivity index (χ0n) is 13.7. The minimum Gasteiger partial charge on any atom is -0.352 e. The first-order valence-electron chi connectivity index (χ1n) is 8.22. The zero-order chi connectivity index (χ0) is 15.4. The lowest BCUT2D eigenvalue weighted by Crippen LogP contribution is -2.49. The fourth-order valence-electron chi connectivity index (χ4n) is 3.40. The van der Waals surface area contributed by atoms with Gasteiger partial charge in [0, 0.05) is 12.6 Å². The molecule has 0 radical (unpaired) electrons. The van der Waals surface area contributed by atoms with Crippen molar-refractivity contribution in [1.29, 1.82) is 0 Å². The van der Waals surface area contributed by atoms with E-state index >= 15 is 0 Å². The highest BCUT2D eigenvalue weighted by molar-refractivity contribution is 5.85. The molecule has 2 fully saturated rings. The number of carbonyl (C=O) groups excluding carboxylic acids is 1. The van der Waals surface area contributed by atoms with E-state index in [1.165, 1.54) is 12.1 Å². The van der Waals surface area contributed by atoms with E-state index in [0.29, 0.717) is 12.6 Å². The van der Waals surface area contributed by atoms with Gasteiger partial charge in [0.25, 0.3) is 0 Å². The molecule has 3 rings (SSSR count). The summed E-state index contributed by atoms with van der Waals surface area (Å²) in [7, 11) is 0. The Bertz CT molecular complexity index is 509. The topological polar surface area (TPSA) is 44.4 Å². The smallest absolute Gasteiger partial charge is 0.237 e.